The first-order valence-electron chi connectivity index (χ1n) is 10.2. The molecule has 0 saturated carbocycles. The molecular weight excluding hydrogens is 380 g/mol. The van der Waals surface area contributed by atoms with E-state index in [1.54, 1.807) is 19.3 Å². The standard InChI is InChI=1S/C24H30N2O4/c1-4-21(28-3)22(5-2)29-14-13-25-15-17(27)16-30-23-12-8-11-20-24(23)18-9-6-7-10-19(18)26-20/h4-5,8-12,17,25-27H,1-2,6-7,13-16H2,3H3/b22-21-. The molecule has 6 heteroatoms. The quantitative estimate of drug-likeness (QED) is 0.284. The van der Waals surface area contributed by atoms with Crippen LogP contribution in [0.25, 0.3) is 23.1 Å². The average molecular weight is 411 g/mol. The molecule has 1 atom stereocenters. The number of aliphatic hydroxyl groups excluding tert-OH is 1. The molecule has 0 radical (unpaired) electrons. The van der Waals surface area contributed by atoms with Crippen LogP contribution in [0.2, 0.25) is 0 Å². The fourth-order valence-electron chi connectivity index (χ4n) is 3.47. The smallest absolute Gasteiger partial charge is 0.160 e. The number of methoxy groups -OCH3 is 1. The van der Waals surface area contributed by atoms with E-state index in [4.69, 9.17) is 14.2 Å². The van der Waals surface area contributed by atoms with Crippen LogP contribution in [0.4, 0.5) is 0 Å². The highest BCUT2D eigenvalue weighted by atomic mass is 16.5. The van der Waals surface area contributed by atoms with Crippen LogP contribution in [0, 0.1) is 0 Å². The van der Waals surface area contributed by atoms with Gasteiger partial charge in [0.2, 0.25) is 0 Å². The second kappa shape index (κ2) is 10.7. The maximum Gasteiger partial charge on any atom is 0.160 e. The number of aromatic nitrogens is 1. The van der Waals surface area contributed by atoms with Crippen LogP contribution in [0.5, 0.6) is 5.75 Å². The van der Waals surface area contributed by atoms with Crippen molar-refractivity contribution in [3.05, 3.63) is 65.6 Å². The van der Waals surface area contributed by atoms with Gasteiger partial charge in [0.15, 0.2) is 11.5 Å². The molecule has 1 heterocycles. The number of aromatic amines is 1. The molecule has 160 valence electrons. The van der Waals surface area contributed by atoms with E-state index in [0.29, 0.717) is 31.2 Å². The Morgan fingerprint density at radius 3 is 2.80 bits per heavy atom. The third-order valence-corrected chi connectivity index (χ3v) is 4.90. The van der Waals surface area contributed by atoms with Crippen LogP contribution in [-0.2, 0) is 9.47 Å². The number of aliphatic hydroxyl groups is 1. The molecule has 1 unspecified atom stereocenters. The topological polar surface area (TPSA) is 75.7 Å². The predicted molar refractivity (Wildman–Crippen MR) is 120 cm³/mol. The highest BCUT2D eigenvalue weighted by Gasteiger charge is 2.11. The molecule has 0 spiro atoms. The molecule has 0 amide bonds. The van der Waals surface area contributed by atoms with Crippen molar-refractivity contribution in [3.8, 4) is 5.75 Å². The fourth-order valence-corrected chi connectivity index (χ4v) is 3.47. The lowest BCUT2D eigenvalue weighted by atomic mass is 10.1. The molecule has 1 aromatic carbocycles. The van der Waals surface area contributed by atoms with Gasteiger partial charge in [-0.05, 0) is 37.1 Å². The molecule has 1 aliphatic rings. The maximum atomic E-state index is 10.3. The third kappa shape index (κ3) is 5.14. The van der Waals surface area contributed by atoms with Crippen LogP contribution in [0.15, 0.2) is 55.0 Å². The molecule has 6 nitrogen and oxygen atoms in total. The minimum atomic E-state index is -0.636. The van der Waals surface area contributed by atoms with Gasteiger partial charge < -0.3 is 29.6 Å². The van der Waals surface area contributed by atoms with Crippen LogP contribution < -0.4 is 20.6 Å². The Labute approximate surface area is 176 Å². The van der Waals surface area contributed by atoms with Crippen molar-refractivity contribution in [2.75, 3.05) is 33.4 Å². The van der Waals surface area contributed by atoms with Crippen molar-refractivity contribution in [1.82, 2.24) is 10.3 Å². The van der Waals surface area contributed by atoms with Gasteiger partial charge in [0.05, 0.1) is 12.6 Å². The van der Waals surface area contributed by atoms with Gasteiger partial charge in [0.1, 0.15) is 25.1 Å². The number of benzene rings is 1. The Kier molecular flexibility index (Phi) is 7.76. The summed E-state index contributed by atoms with van der Waals surface area (Å²) >= 11 is 0. The molecular formula is C24H30N2O4. The van der Waals surface area contributed by atoms with Crippen LogP contribution in [0.1, 0.15) is 12.8 Å². The first-order valence-corrected chi connectivity index (χ1v) is 10.2. The van der Waals surface area contributed by atoms with Crippen LogP contribution in [0.3, 0.4) is 0 Å². The Balaban J connectivity index is 1.49. The first kappa shape index (κ1) is 21.7. The van der Waals surface area contributed by atoms with E-state index in [1.165, 1.54) is 5.22 Å². The number of ether oxygens (including phenoxy) is 3. The molecule has 2 aromatic rings. The summed E-state index contributed by atoms with van der Waals surface area (Å²) < 4.78 is 16.7. The van der Waals surface area contributed by atoms with Gasteiger partial charge in [-0.1, -0.05) is 31.4 Å². The van der Waals surface area contributed by atoms with Crippen molar-refractivity contribution in [3.63, 3.8) is 0 Å². The average Bonchev–Trinajstić information content (AvgIpc) is 3.16. The van der Waals surface area contributed by atoms with E-state index in [2.05, 4.69) is 35.6 Å². The Morgan fingerprint density at radius 1 is 1.23 bits per heavy atom. The van der Waals surface area contributed by atoms with E-state index >= 15 is 0 Å². The van der Waals surface area contributed by atoms with Crippen molar-refractivity contribution >= 4 is 23.1 Å². The Bertz CT molecular complexity index is 1040. The maximum absolute atomic E-state index is 10.3. The summed E-state index contributed by atoms with van der Waals surface area (Å²) in [6, 6.07) is 5.96. The number of fused-ring (bicyclic) bond motifs is 3. The first-order chi connectivity index (χ1) is 14.7. The van der Waals surface area contributed by atoms with Gasteiger partial charge >= 0.3 is 0 Å². The molecule has 3 rings (SSSR count). The minimum Gasteiger partial charge on any atom is -0.493 e. The lowest BCUT2D eigenvalue weighted by Gasteiger charge is -2.15. The molecule has 0 bridgehead atoms. The molecule has 1 aliphatic carbocycles. The molecule has 0 fully saturated rings. The second-order valence-corrected chi connectivity index (χ2v) is 6.97. The largest absolute Gasteiger partial charge is 0.493 e. The second-order valence-electron chi connectivity index (χ2n) is 6.97. The summed E-state index contributed by atoms with van der Waals surface area (Å²) in [5, 5.41) is 16.9. The van der Waals surface area contributed by atoms with Crippen molar-refractivity contribution < 1.29 is 19.3 Å². The number of hydrogen-bond acceptors (Lipinski definition) is 5. The van der Waals surface area contributed by atoms with Gasteiger partial charge in [-0.2, -0.15) is 0 Å². The van der Waals surface area contributed by atoms with Gasteiger partial charge in [-0.3, -0.25) is 0 Å². The van der Waals surface area contributed by atoms with E-state index in [1.807, 2.05) is 18.2 Å². The zero-order valence-corrected chi connectivity index (χ0v) is 17.4. The minimum absolute atomic E-state index is 0.207. The molecule has 1 aromatic heterocycles. The van der Waals surface area contributed by atoms with E-state index in [9.17, 15) is 5.11 Å². The Morgan fingerprint density at radius 2 is 2.03 bits per heavy atom. The summed E-state index contributed by atoms with van der Waals surface area (Å²) in [6.07, 6.45) is 9.06. The third-order valence-electron chi connectivity index (χ3n) is 4.90. The van der Waals surface area contributed by atoms with Crippen molar-refractivity contribution in [1.29, 1.82) is 0 Å². The highest BCUT2D eigenvalue weighted by molar-refractivity contribution is 5.87. The predicted octanol–water partition coefficient (Wildman–Crippen LogP) is 2.10. The summed E-state index contributed by atoms with van der Waals surface area (Å²) in [4.78, 5) is 3.44. The zero-order chi connectivity index (χ0) is 21.3. The lowest BCUT2D eigenvalue weighted by molar-refractivity contribution is 0.104. The molecule has 30 heavy (non-hydrogen) atoms. The van der Waals surface area contributed by atoms with Crippen molar-refractivity contribution in [2.24, 2.45) is 0 Å². The van der Waals surface area contributed by atoms with E-state index in [-0.39, 0.29) is 6.61 Å². The van der Waals surface area contributed by atoms with E-state index < -0.39 is 6.10 Å². The SMILES string of the molecule is C=C/C(OC)=C(\C=C)OCCNCC(O)COc1cccc2[nH]c3c(c12)=CCCC=3. The monoisotopic (exact) mass is 410 g/mol. The number of nitrogens with one attached hydrogen (secondary N) is 2. The van der Waals surface area contributed by atoms with Crippen LogP contribution >= 0.6 is 0 Å². The highest BCUT2D eigenvalue weighted by Crippen LogP contribution is 2.21. The summed E-state index contributed by atoms with van der Waals surface area (Å²) in [5.74, 6) is 1.86. The normalized spacial score (nSPS) is 14.6. The van der Waals surface area contributed by atoms with Gasteiger partial charge in [0, 0.05) is 29.0 Å². The molecule has 0 saturated heterocycles. The van der Waals surface area contributed by atoms with Gasteiger partial charge in [-0.25, -0.2) is 0 Å². The van der Waals surface area contributed by atoms with Gasteiger partial charge in [-0.15, -0.1) is 0 Å². The summed E-state index contributed by atoms with van der Waals surface area (Å²) in [6.45, 7) is 8.97. The summed E-state index contributed by atoms with van der Waals surface area (Å²) in [5.41, 5.74) is 1.05. The van der Waals surface area contributed by atoms with Gasteiger partial charge in [0.25, 0.3) is 0 Å². The number of H-pyrrole nitrogens is 1. The fraction of sp³-hybridized carbons (Fsp3) is 0.333. The molecule has 0 aliphatic heterocycles. The lowest BCUT2D eigenvalue weighted by Crippen LogP contribution is -2.33. The number of hydrogen-bond donors (Lipinski definition) is 3. The molecule has 3 N–H and O–H groups in total. The van der Waals surface area contributed by atoms with Crippen LogP contribution in [-0.4, -0.2) is 49.6 Å². The Hall–Kier alpha value is -2.96. The van der Waals surface area contributed by atoms with E-state index in [0.717, 1.165) is 34.8 Å². The summed E-state index contributed by atoms with van der Waals surface area (Å²) in [7, 11) is 1.55. The zero-order valence-electron chi connectivity index (χ0n) is 17.4. The number of allylic oxidation sites excluding steroid dienone is 2. The van der Waals surface area contributed by atoms with Crippen molar-refractivity contribution in [2.45, 2.75) is 18.9 Å². The number of rotatable bonds is 12.